The van der Waals surface area contributed by atoms with Crippen LogP contribution in [0.2, 0.25) is 10.0 Å². The summed E-state index contributed by atoms with van der Waals surface area (Å²) in [6, 6.07) is 6.42. The molecule has 0 aromatic heterocycles. The van der Waals surface area contributed by atoms with Crippen molar-refractivity contribution < 1.29 is 18.9 Å². The number of likely N-dealkylation sites (tertiary alicyclic amines) is 1. The number of benzene rings is 2. The van der Waals surface area contributed by atoms with Gasteiger partial charge in [0.15, 0.2) is 0 Å². The summed E-state index contributed by atoms with van der Waals surface area (Å²) in [6.45, 7) is 0.342. The molecule has 2 aromatic rings. The van der Waals surface area contributed by atoms with Crippen molar-refractivity contribution >= 4 is 46.4 Å². The number of carbonyl (C=O) groups is 2. The van der Waals surface area contributed by atoms with Gasteiger partial charge in [0.1, 0.15) is 11.9 Å². The van der Waals surface area contributed by atoms with Crippen LogP contribution in [0.25, 0.3) is 0 Å². The fourth-order valence-electron chi connectivity index (χ4n) is 3.02. The van der Waals surface area contributed by atoms with Crippen molar-refractivity contribution in [2.24, 2.45) is 0 Å². The van der Waals surface area contributed by atoms with Crippen molar-refractivity contribution in [2.45, 2.75) is 18.9 Å². The zero-order valence-corrected chi connectivity index (χ0v) is 15.8. The van der Waals surface area contributed by atoms with E-state index in [1.807, 2.05) is 0 Å². The Bertz CT molecular complexity index is 970. The van der Waals surface area contributed by atoms with Crippen molar-refractivity contribution in [3.63, 3.8) is 0 Å². The molecule has 1 aliphatic rings. The largest absolute Gasteiger partial charge is 0.327 e. The number of nitrogens with one attached hydrogen (secondary N) is 1. The van der Waals surface area contributed by atoms with Crippen LogP contribution in [-0.4, -0.2) is 34.2 Å². The zero-order chi connectivity index (χ0) is 20.4. The Kier molecular flexibility index (Phi) is 5.81. The molecule has 3 rings (SSSR count). The Hall–Kier alpha value is -2.71. The predicted molar refractivity (Wildman–Crippen MR) is 102 cm³/mol. The minimum absolute atomic E-state index is 0.214. The van der Waals surface area contributed by atoms with Gasteiger partial charge in [0.2, 0.25) is 5.91 Å². The van der Waals surface area contributed by atoms with Gasteiger partial charge >= 0.3 is 0 Å². The zero-order valence-electron chi connectivity index (χ0n) is 14.3. The summed E-state index contributed by atoms with van der Waals surface area (Å²) in [6.07, 6.45) is 0.970. The highest BCUT2D eigenvalue weighted by Gasteiger charge is 2.35. The average molecular weight is 426 g/mol. The van der Waals surface area contributed by atoms with Gasteiger partial charge in [-0.3, -0.25) is 19.7 Å². The number of nitro benzene ring substituents is 1. The summed E-state index contributed by atoms with van der Waals surface area (Å²) in [4.78, 5) is 36.9. The number of rotatable bonds is 4. The minimum Gasteiger partial charge on any atom is -0.327 e. The molecular weight excluding hydrogens is 412 g/mol. The lowest BCUT2D eigenvalue weighted by Gasteiger charge is -2.24. The second-order valence-corrected chi connectivity index (χ2v) is 7.01. The maximum Gasteiger partial charge on any atom is 0.271 e. The molecule has 1 fully saturated rings. The first-order chi connectivity index (χ1) is 13.3. The molecule has 0 spiro atoms. The second kappa shape index (κ2) is 8.12. The van der Waals surface area contributed by atoms with E-state index >= 15 is 0 Å². The van der Waals surface area contributed by atoms with Gasteiger partial charge < -0.3 is 10.2 Å². The molecule has 1 N–H and O–H groups in total. The Balaban J connectivity index is 1.79. The number of nitrogens with zero attached hydrogens (tertiary/aromatic N) is 2. The Morgan fingerprint density at radius 1 is 1.18 bits per heavy atom. The second-order valence-electron chi connectivity index (χ2n) is 6.20. The lowest BCUT2D eigenvalue weighted by atomic mass is 10.1. The minimum atomic E-state index is -0.833. The number of carbonyl (C=O) groups excluding carboxylic acids is 2. The smallest absolute Gasteiger partial charge is 0.271 e. The van der Waals surface area contributed by atoms with E-state index in [1.54, 1.807) is 0 Å². The van der Waals surface area contributed by atoms with Gasteiger partial charge in [-0.05, 0) is 37.1 Å². The molecule has 2 aromatic carbocycles. The maximum absolute atomic E-state index is 13.9. The molecule has 1 atom stereocenters. The molecule has 146 valence electrons. The number of non-ortho nitro benzene ring substituents is 1. The van der Waals surface area contributed by atoms with E-state index in [2.05, 4.69) is 5.32 Å². The molecule has 0 aliphatic carbocycles. The van der Waals surface area contributed by atoms with E-state index < -0.39 is 28.6 Å². The number of amides is 2. The van der Waals surface area contributed by atoms with Gasteiger partial charge in [-0.1, -0.05) is 23.2 Å². The molecule has 0 radical (unpaired) electrons. The fraction of sp³-hybridized carbons (Fsp3) is 0.222. The van der Waals surface area contributed by atoms with Crippen LogP contribution < -0.4 is 5.32 Å². The first-order valence-corrected chi connectivity index (χ1v) is 9.04. The number of hydrogen-bond donors (Lipinski definition) is 1. The third-order valence-electron chi connectivity index (χ3n) is 4.40. The molecule has 1 unspecified atom stereocenters. The SMILES string of the molecule is O=C(Nc1cc([N+](=O)[O-])ccc1F)C1CCCN1C(=O)c1ccc(Cl)c(Cl)c1. The van der Waals surface area contributed by atoms with Crippen LogP contribution in [0.1, 0.15) is 23.2 Å². The van der Waals surface area contributed by atoms with E-state index in [4.69, 9.17) is 23.2 Å². The Morgan fingerprint density at radius 3 is 2.61 bits per heavy atom. The molecule has 0 saturated carbocycles. The molecule has 2 amide bonds. The standard InChI is InChI=1S/C18H14Cl2FN3O4/c19-12-5-3-10(8-13(12)20)18(26)23-7-1-2-16(23)17(25)22-15-9-11(24(27)28)4-6-14(15)21/h3-6,8-9,16H,1-2,7H2,(H,22,25). The highest BCUT2D eigenvalue weighted by atomic mass is 35.5. The van der Waals surface area contributed by atoms with Gasteiger partial charge in [0, 0.05) is 24.2 Å². The summed E-state index contributed by atoms with van der Waals surface area (Å²) in [7, 11) is 0. The molecule has 28 heavy (non-hydrogen) atoms. The molecule has 1 aliphatic heterocycles. The van der Waals surface area contributed by atoms with Crippen LogP contribution >= 0.6 is 23.2 Å². The highest BCUT2D eigenvalue weighted by Crippen LogP contribution is 2.27. The normalized spacial score (nSPS) is 16.1. The summed E-state index contributed by atoms with van der Waals surface area (Å²) >= 11 is 11.8. The van der Waals surface area contributed by atoms with E-state index in [-0.39, 0.29) is 22.0 Å². The topological polar surface area (TPSA) is 92.5 Å². The fourth-order valence-corrected chi connectivity index (χ4v) is 3.31. The summed E-state index contributed by atoms with van der Waals surface area (Å²) in [5.74, 6) is -1.83. The summed E-state index contributed by atoms with van der Waals surface area (Å²) in [5.41, 5.74) is -0.393. The first kappa shape index (κ1) is 20.0. The van der Waals surface area contributed by atoms with Gasteiger partial charge in [0.05, 0.1) is 20.7 Å². The van der Waals surface area contributed by atoms with Crippen molar-refractivity contribution in [1.82, 2.24) is 4.90 Å². The number of anilines is 1. The molecule has 1 saturated heterocycles. The van der Waals surface area contributed by atoms with E-state index in [0.29, 0.717) is 24.4 Å². The number of halogens is 3. The third-order valence-corrected chi connectivity index (χ3v) is 5.14. The van der Waals surface area contributed by atoms with E-state index in [9.17, 15) is 24.1 Å². The van der Waals surface area contributed by atoms with Gasteiger partial charge in [-0.25, -0.2) is 4.39 Å². The Morgan fingerprint density at radius 2 is 1.93 bits per heavy atom. The lowest BCUT2D eigenvalue weighted by molar-refractivity contribution is -0.384. The Labute approximate surface area is 169 Å². The van der Waals surface area contributed by atoms with Crippen LogP contribution in [0.3, 0.4) is 0 Å². The monoisotopic (exact) mass is 425 g/mol. The van der Waals surface area contributed by atoms with Crippen molar-refractivity contribution in [3.8, 4) is 0 Å². The van der Waals surface area contributed by atoms with Crippen molar-refractivity contribution in [1.29, 1.82) is 0 Å². The van der Waals surface area contributed by atoms with Crippen molar-refractivity contribution in [2.75, 3.05) is 11.9 Å². The van der Waals surface area contributed by atoms with Crippen LogP contribution in [0, 0.1) is 15.9 Å². The summed E-state index contributed by atoms with van der Waals surface area (Å²) < 4.78 is 13.9. The lowest BCUT2D eigenvalue weighted by Crippen LogP contribution is -2.43. The van der Waals surface area contributed by atoms with Crippen LogP contribution in [0.15, 0.2) is 36.4 Å². The summed E-state index contributed by atoms with van der Waals surface area (Å²) in [5, 5.41) is 13.7. The molecule has 0 bridgehead atoms. The molecule has 7 nitrogen and oxygen atoms in total. The average Bonchev–Trinajstić information content (AvgIpc) is 3.15. The number of nitro groups is 1. The first-order valence-electron chi connectivity index (χ1n) is 8.28. The predicted octanol–water partition coefficient (Wildman–Crippen LogP) is 4.28. The third kappa shape index (κ3) is 4.07. The maximum atomic E-state index is 13.9. The molecular formula is C18H14Cl2FN3O4. The van der Waals surface area contributed by atoms with Gasteiger partial charge in [-0.2, -0.15) is 0 Å². The quantitative estimate of drug-likeness (QED) is 0.584. The van der Waals surface area contributed by atoms with E-state index in [0.717, 1.165) is 18.2 Å². The van der Waals surface area contributed by atoms with Gasteiger partial charge in [-0.15, -0.1) is 0 Å². The van der Waals surface area contributed by atoms with Crippen molar-refractivity contribution in [3.05, 3.63) is 67.9 Å². The van der Waals surface area contributed by atoms with Gasteiger partial charge in [0.25, 0.3) is 11.6 Å². The molecule has 10 heteroatoms. The van der Waals surface area contributed by atoms with Crippen LogP contribution in [0.5, 0.6) is 0 Å². The van der Waals surface area contributed by atoms with E-state index in [1.165, 1.54) is 23.1 Å². The number of hydrogen-bond acceptors (Lipinski definition) is 4. The van der Waals surface area contributed by atoms with Crippen LogP contribution in [0.4, 0.5) is 15.8 Å². The van der Waals surface area contributed by atoms with Crippen LogP contribution in [-0.2, 0) is 4.79 Å². The highest BCUT2D eigenvalue weighted by molar-refractivity contribution is 6.42. The molecule has 1 heterocycles.